The van der Waals surface area contributed by atoms with E-state index in [1.54, 1.807) is 16.8 Å². The first-order valence-electron chi connectivity index (χ1n) is 5.07. The van der Waals surface area contributed by atoms with Gasteiger partial charge in [-0.3, -0.25) is 9.59 Å². The first-order valence-corrected chi connectivity index (χ1v) is 5.07. The standard InChI is InChI=1S/C10H18N2O2/c1-4-8(2)9-10(14)11(3)5-6-12(9)7-13/h7-9H,4-6H2,1-3H3. The Bertz CT molecular complexity index is 230. The molecule has 4 nitrogen and oxygen atoms in total. The monoisotopic (exact) mass is 198 g/mol. The SMILES string of the molecule is CCC(C)C1C(=O)N(C)CCN1C=O. The van der Waals surface area contributed by atoms with E-state index in [1.165, 1.54) is 0 Å². The Hall–Kier alpha value is -1.06. The van der Waals surface area contributed by atoms with Crippen LogP contribution in [-0.4, -0.2) is 48.3 Å². The summed E-state index contributed by atoms with van der Waals surface area (Å²) in [4.78, 5) is 25.9. The summed E-state index contributed by atoms with van der Waals surface area (Å²) in [6.07, 6.45) is 1.70. The maximum absolute atomic E-state index is 11.8. The minimum atomic E-state index is -0.253. The van der Waals surface area contributed by atoms with Gasteiger partial charge in [-0.15, -0.1) is 0 Å². The van der Waals surface area contributed by atoms with E-state index in [9.17, 15) is 9.59 Å². The molecule has 0 N–H and O–H groups in total. The zero-order valence-corrected chi connectivity index (χ0v) is 9.06. The minimum Gasteiger partial charge on any atom is -0.342 e. The van der Waals surface area contributed by atoms with Crippen LogP contribution in [0.1, 0.15) is 20.3 Å². The van der Waals surface area contributed by atoms with E-state index in [1.807, 2.05) is 13.8 Å². The van der Waals surface area contributed by atoms with Crippen molar-refractivity contribution in [1.29, 1.82) is 0 Å². The Morgan fingerprint density at radius 2 is 2.21 bits per heavy atom. The quantitative estimate of drug-likeness (QED) is 0.613. The summed E-state index contributed by atoms with van der Waals surface area (Å²) in [5, 5.41) is 0. The normalized spacial score (nSPS) is 25.1. The van der Waals surface area contributed by atoms with Crippen molar-refractivity contribution in [3.05, 3.63) is 0 Å². The van der Waals surface area contributed by atoms with Crippen molar-refractivity contribution in [2.45, 2.75) is 26.3 Å². The highest BCUT2D eigenvalue weighted by Gasteiger charge is 2.35. The number of carbonyl (C=O) groups is 2. The summed E-state index contributed by atoms with van der Waals surface area (Å²) in [6, 6.07) is -0.253. The van der Waals surface area contributed by atoms with E-state index in [4.69, 9.17) is 0 Å². The second-order valence-electron chi connectivity index (χ2n) is 3.93. The predicted octanol–water partition coefficient (Wildman–Crippen LogP) is 0.331. The second kappa shape index (κ2) is 4.44. The van der Waals surface area contributed by atoms with Gasteiger partial charge in [-0.1, -0.05) is 20.3 Å². The Morgan fingerprint density at radius 1 is 1.57 bits per heavy atom. The van der Waals surface area contributed by atoms with Gasteiger partial charge >= 0.3 is 0 Å². The molecule has 1 aliphatic heterocycles. The first kappa shape index (κ1) is 11.0. The van der Waals surface area contributed by atoms with Crippen LogP contribution in [0.3, 0.4) is 0 Å². The largest absolute Gasteiger partial charge is 0.342 e. The van der Waals surface area contributed by atoms with E-state index in [0.717, 1.165) is 12.8 Å². The van der Waals surface area contributed by atoms with Gasteiger partial charge in [-0.05, 0) is 5.92 Å². The zero-order chi connectivity index (χ0) is 10.7. The van der Waals surface area contributed by atoms with Crippen molar-refractivity contribution in [2.24, 2.45) is 5.92 Å². The van der Waals surface area contributed by atoms with Crippen LogP contribution in [0.4, 0.5) is 0 Å². The molecule has 0 aliphatic carbocycles. The molecule has 0 aromatic rings. The van der Waals surface area contributed by atoms with E-state index in [2.05, 4.69) is 0 Å². The summed E-state index contributed by atoms with van der Waals surface area (Å²) in [6.45, 7) is 5.35. The van der Waals surface area contributed by atoms with Gasteiger partial charge < -0.3 is 9.80 Å². The van der Waals surface area contributed by atoms with Gasteiger partial charge in [-0.2, -0.15) is 0 Å². The van der Waals surface area contributed by atoms with E-state index in [-0.39, 0.29) is 17.9 Å². The highest BCUT2D eigenvalue weighted by Crippen LogP contribution is 2.18. The molecule has 0 radical (unpaired) electrons. The topological polar surface area (TPSA) is 40.6 Å². The molecule has 1 aliphatic rings. The summed E-state index contributed by atoms with van der Waals surface area (Å²) >= 11 is 0. The average molecular weight is 198 g/mol. The third kappa shape index (κ3) is 1.89. The first-order chi connectivity index (χ1) is 6.61. The molecule has 2 unspecified atom stereocenters. The van der Waals surface area contributed by atoms with Crippen LogP contribution in [0.15, 0.2) is 0 Å². The van der Waals surface area contributed by atoms with Gasteiger partial charge in [0, 0.05) is 20.1 Å². The van der Waals surface area contributed by atoms with Gasteiger partial charge in [0.25, 0.3) is 0 Å². The number of hydrogen-bond acceptors (Lipinski definition) is 2. The van der Waals surface area contributed by atoms with Gasteiger partial charge in [0.2, 0.25) is 12.3 Å². The minimum absolute atomic E-state index is 0.0673. The number of nitrogens with zero attached hydrogens (tertiary/aromatic N) is 2. The Kier molecular flexibility index (Phi) is 3.49. The van der Waals surface area contributed by atoms with Crippen LogP contribution < -0.4 is 0 Å². The van der Waals surface area contributed by atoms with Gasteiger partial charge in [-0.25, -0.2) is 0 Å². The fourth-order valence-corrected chi connectivity index (χ4v) is 1.79. The van der Waals surface area contributed by atoms with Crippen LogP contribution in [0, 0.1) is 5.92 Å². The number of likely N-dealkylation sites (N-methyl/N-ethyl adjacent to an activating group) is 1. The molecule has 2 atom stereocenters. The molecule has 1 fully saturated rings. The van der Waals surface area contributed by atoms with Crippen molar-refractivity contribution in [2.75, 3.05) is 20.1 Å². The van der Waals surface area contributed by atoms with Crippen molar-refractivity contribution in [1.82, 2.24) is 9.80 Å². The molecule has 0 saturated carbocycles. The number of carbonyl (C=O) groups excluding carboxylic acids is 2. The predicted molar refractivity (Wildman–Crippen MR) is 53.7 cm³/mol. The second-order valence-corrected chi connectivity index (χ2v) is 3.93. The molecular weight excluding hydrogens is 180 g/mol. The molecule has 1 saturated heterocycles. The van der Waals surface area contributed by atoms with Crippen LogP contribution in [0.2, 0.25) is 0 Å². The molecule has 2 amide bonds. The van der Waals surface area contributed by atoms with E-state index in [0.29, 0.717) is 13.1 Å². The van der Waals surface area contributed by atoms with E-state index < -0.39 is 0 Å². The summed E-state index contributed by atoms with van der Waals surface area (Å²) in [5.74, 6) is 0.299. The highest BCUT2D eigenvalue weighted by molar-refractivity contribution is 5.84. The number of amides is 2. The third-order valence-electron chi connectivity index (χ3n) is 3.00. The lowest BCUT2D eigenvalue weighted by molar-refractivity contribution is -0.147. The van der Waals surface area contributed by atoms with Crippen LogP contribution in [0.25, 0.3) is 0 Å². The van der Waals surface area contributed by atoms with Crippen molar-refractivity contribution >= 4 is 12.3 Å². The molecule has 0 spiro atoms. The van der Waals surface area contributed by atoms with Crippen molar-refractivity contribution < 1.29 is 9.59 Å². The number of hydrogen-bond donors (Lipinski definition) is 0. The molecule has 0 aromatic carbocycles. The number of piperazine rings is 1. The van der Waals surface area contributed by atoms with Gasteiger partial charge in [0.05, 0.1) is 0 Å². The lowest BCUT2D eigenvalue weighted by atomic mass is 9.95. The molecule has 1 rings (SSSR count). The van der Waals surface area contributed by atoms with Crippen LogP contribution >= 0.6 is 0 Å². The van der Waals surface area contributed by atoms with Gasteiger partial charge in [0.1, 0.15) is 6.04 Å². The van der Waals surface area contributed by atoms with Crippen LogP contribution in [0.5, 0.6) is 0 Å². The van der Waals surface area contributed by atoms with E-state index >= 15 is 0 Å². The molecule has 0 aromatic heterocycles. The Labute approximate surface area is 84.9 Å². The van der Waals surface area contributed by atoms with Gasteiger partial charge in [0.15, 0.2) is 0 Å². The third-order valence-corrected chi connectivity index (χ3v) is 3.00. The van der Waals surface area contributed by atoms with Crippen LogP contribution in [-0.2, 0) is 9.59 Å². The van der Waals surface area contributed by atoms with Crippen molar-refractivity contribution in [3.63, 3.8) is 0 Å². The lowest BCUT2D eigenvalue weighted by Crippen LogP contribution is -2.57. The molecule has 1 heterocycles. The molecule has 80 valence electrons. The Balaban J connectivity index is 2.81. The summed E-state index contributed by atoms with van der Waals surface area (Å²) in [5.41, 5.74) is 0. The molecule has 0 bridgehead atoms. The average Bonchev–Trinajstić information content (AvgIpc) is 2.20. The highest BCUT2D eigenvalue weighted by atomic mass is 16.2. The number of rotatable bonds is 3. The fourth-order valence-electron chi connectivity index (χ4n) is 1.79. The van der Waals surface area contributed by atoms with Crippen molar-refractivity contribution in [3.8, 4) is 0 Å². The molecular formula is C10H18N2O2. The fraction of sp³-hybridized carbons (Fsp3) is 0.800. The summed E-state index contributed by atoms with van der Waals surface area (Å²) < 4.78 is 0. The summed E-state index contributed by atoms with van der Waals surface area (Å²) in [7, 11) is 1.79. The molecule has 14 heavy (non-hydrogen) atoms. The Morgan fingerprint density at radius 3 is 2.71 bits per heavy atom. The molecule has 4 heteroatoms. The smallest absolute Gasteiger partial charge is 0.245 e. The zero-order valence-electron chi connectivity index (χ0n) is 9.06. The maximum Gasteiger partial charge on any atom is 0.245 e. The maximum atomic E-state index is 11.8. The lowest BCUT2D eigenvalue weighted by Gasteiger charge is -2.39.